The summed E-state index contributed by atoms with van der Waals surface area (Å²) in [6.45, 7) is 1.65. The second kappa shape index (κ2) is 8.80. The SMILES string of the molecule is COc1cc([C@H]2CCCCN2)ccc1OCc1ccccc1.Cl. The zero-order valence-electron chi connectivity index (χ0n) is 13.5. The Morgan fingerprint density at radius 1 is 1.04 bits per heavy atom. The van der Waals surface area contributed by atoms with E-state index in [1.54, 1.807) is 7.11 Å². The Morgan fingerprint density at radius 2 is 1.87 bits per heavy atom. The predicted molar refractivity (Wildman–Crippen MR) is 95.6 cm³/mol. The highest BCUT2D eigenvalue weighted by Gasteiger charge is 2.16. The monoisotopic (exact) mass is 333 g/mol. The largest absolute Gasteiger partial charge is 0.493 e. The van der Waals surface area contributed by atoms with Crippen LogP contribution < -0.4 is 14.8 Å². The van der Waals surface area contributed by atoms with Gasteiger partial charge >= 0.3 is 0 Å². The lowest BCUT2D eigenvalue weighted by Gasteiger charge is -2.24. The van der Waals surface area contributed by atoms with Crippen molar-refractivity contribution in [2.45, 2.75) is 31.9 Å². The van der Waals surface area contributed by atoms with E-state index in [0.29, 0.717) is 12.6 Å². The second-order valence-corrected chi connectivity index (χ2v) is 5.69. The Morgan fingerprint density at radius 3 is 2.57 bits per heavy atom. The number of benzene rings is 2. The number of halogens is 1. The number of methoxy groups -OCH3 is 1. The van der Waals surface area contributed by atoms with E-state index in [4.69, 9.17) is 9.47 Å². The average molecular weight is 334 g/mol. The molecule has 0 aromatic heterocycles. The molecule has 0 unspecified atom stereocenters. The van der Waals surface area contributed by atoms with Gasteiger partial charge in [-0.05, 0) is 42.6 Å². The van der Waals surface area contributed by atoms with Crippen LogP contribution in [0.5, 0.6) is 11.5 Å². The van der Waals surface area contributed by atoms with Gasteiger partial charge in [-0.25, -0.2) is 0 Å². The summed E-state index contributed by atoms with van der Waals surface area (Å²) >= 11 is 0. The molecule has 3 rings (SSSR count). The molecule has 2 aromatic carbocycles. The topological polar surface area (TPSA) is 30.5 Å². The van der Waals surface area contributed by atoms with E-state index in [0.717, 1.165) is 23.6 Å². The minimum Gasteiger partial charge on any atom is -0.493 e. The molecule has 1 fully saturated rings. The molecule has 1 aliphatic rings. The third-order valence-electron chi connectivity index (χ3n) is 4.14. The number of rotatable bonds is 5. The van der Waals surface area contributed by atoms with Crippen molar-refractivity contribution in [1.82, 2.24) is 5.32 Å². The molecule has 0 radical (unpaired) electrons. The highest BCUT2D eigenvalue weighted by molar-refractivity contribution is 5.85. The van der Waals surface area contributed by atoms with Crippen LogP contribution in [0.3, 0.4) is 0 Å². The highest BCUT2D eigenvalue weighted by Crippen LogP contribution is 2.33. The molecule has 0 aliphatic carbocycles. The summed E-state index contributed by atoms with van der Waals surface area (Å²) in [6.07, 6.45) is 3.74. The molecular weight excluding hydrogens is 310 g/mol. The minimum atomic E-state index is 0. The molecule has 4 heteroatoms. The van der Waals surface area contributed by atoms with Gasteiger partial charge in [0.1, 0.15) is 6.61 Å². The summed E-state index contributed by atoms with van der Waals surface area (Å²) < 4.78 is 11.4. The van der Waals surface area contributed by atoms with Crippen LogP contribution >= 0.6 is 12.4 Å². The fourth-order valence-corrected chi connectivity index (χ4v) is 2.89. The summed E-state index contributed by atoms with van der Waals surface area (Å²) in [4.78, 5) is 0. The molecule has 2 aromatic rings. The summed E-state index contributed by atoms with van der Waals surface area (Å²) in [6, 6.07) is 16.9. The van der Waals surface area contributed by atoms with Gasteiger partial charge in [-0.1, -0.05) is 42.8 Å². The van der Waals surface area contributed by atoms with E-state index in [1.807, 2.05) is 24.3 Å². The van der Waals surface area contributed by atoms with Gasteiger partial charge in [0.05, 0.1) is 7.11 Å². The number of hydrogen-bond acceptors (Lipinski definition) is 3. The molecule has 0 amide bonds. The smallest absolute Gasteiger partial charge is 0.161 e. The Kier molecular flexibility index (Phi) is 6.75. The third-order valence-corrected chi connectivity index (χ3v) is 4.14. The van der Waals surface area contributed by atoms with Crippen molar-refractivity contribution in [3.8, 4) is 11.5 Å². The molecular formula is C19H24ClNO2. The predicted octanol–water partition coefficient (Wildman–Crippen LogP) is 4.51. The lowest BCUT2D eigenvalue weighted by atomic mass is 9.97. The number of piperidine rings is 1. The van der Waals surface area contributed by atoms with Crippen molar-refractivity contribution in [3.63, 3.8) is 0 Å². The van der Waals surface area contributed by atoms with Gasteiger partial charge in [-0.2, -0.15) is 0 Å². The van der Waals surface area contributed by atoms with Crippen molar-refractivity contribution < 1.29 is 9.47 Å². The molecule has 1 atom stereocenters. The maximum atomic E-state index is 5.91. The fourth-order valence-electron chi connectivity index (χ4n) is 2.89. The van der Waals surface area contributed by atoms with Gasteiger partial charge in [-0.15, -0.1) is 12.4 Å². The van der Waals surface area contributed by atoms with Crippen LogP contribution in [0.25, 0.3) is 0 Å². The Bertz CT molecular complexity index is 598. The van der Waals surface area contributed by atoms with Gasteiger partial charge in [0.25, 0.3) is 0 Å². The fraction of sp³-hybridized carbons (Fsp3) is 0.368. The molecule has 23 heavy (non-hydrogen) atoms. The molecule has 0 saturated carbocycles. The molecule has 124 valence electrons. The summed E-state index contributed by atoms with van der Waals surface area (Å²) in [7, 11) is 1.70. The van der Waals surface area contributed by atoms with E-state index < -0.39 is 0 Å². The van der Waals surface area contributed by atoms with Crippen molar-refractivity contribution in [2.24, 2.45) is 0 Å². The van der Waals surface area contributed by atoms with Crippen molar-refractivity contribution >= 4 is 12.4 Å². The van der Waals surface area contributed by atoms with Crippen LogP contribution in [-0.4, -0.2) is 13.7 Å². The Labute approximate surface area is 144 Å². The number of ether oxygens (including phenoxy) is 2. The summed E-state index contributed by atoms with van der Waals surface area (Å²) in [5.74, 6) is 1.60. The molecule has 1 saturated heterocycles. The lowest BCUT2D eigenvalue weighted by Crippen LogP contribution is -2.26. The Hall–Kier alpha value is -1.71. The lowest BCUT2D eigenvalue weighted by molar-refractivity contribution is 0.284. The summed E-state index contributed by atoms with van der Waals surface area (Å²) in [5, 5.41) is 3.57. The highest BCUT2D eigenvalue weighted by atomic mass is 35.5. The van der Waals surface area contributed by atoms with Crippen LogP contribution in [0.15, 0.2) is 48.5 Å². The van der Waals surface area contributed by atoms with Crippen LogP contribution in [0.4, 0.5) is 0 Å². The molecule has 3 nitrogen and oxygen atoms in total. The first kappa shape index (κ1) is 17.6. The molecule has 1 aliphatic heterocycles. The standard InChI is InChI=1S/C19H23NO2.ClH/c1-21-19-13-16(17-9-5-6-12-20-17)10-11-18(19)22-14-15-7-3-2-4-8-15;/h2-4,7-8,10-11,13,17,20H,5-6,9,12,14H2,1H3;1H/t17-;/m1./s1. The van der Waals surface area contributed by atoms with Crippen LogP contribution in [0.2, 0.25) is 0 Å². The van der Waals surface area contributed by atoms with Crippen molar-refractivity contribution in [2.75, 3.05) is 13.7 Å². The van der Waals surface area contributed by atoms with E-state index in [-0.39, 0.29) is 12.4 Å². The van der Waals surface area contributed by atoms with E-state index in [2.05, 4.69) is 29.6 Å². The maximum absolute atomic E-state index is 5.91. The first-order valence-corrected chi connectivity index (χ1v) is 7.95. The van der Waals surface area contributed by atoms with Crippen LogP contribution in [-0.2, 0) is 6.61 Å². The van der Waals surface area contributed by atoms with Gasteiger partial charge in [0, 0.05) is 6.04 Å². The molecule has 0 spiro atoms. The minimum absolute atomic E-state index is 0. The van der Waals surface area contributed by atoms with E-state index >= 15 is 0 Å². The zero-order valence-corrected chi connectivity index (χ0v) is 14.3. The van der Waals surface area contributed by atoms with Crippen molar-refractivity contribution in [1.29, 1.82) is 0 Å². The van der Waals surface area contributed by atoms with Gasteiger partial charge in [-0.3, -0.25) is 0 Å². The van der Waals surface area contributed by atoms with Crippen LogP contribution in [0, 0.1) is 0 Å². The average Bonchev–Trinajstić information content (AvgIpc) is 2.61. The summed E-state index contributed by atoms with van der Waals surface area (Å²) in [5.41, 5.74) is 2.44. The third kappa shape index (κ3) is 4.63. The second-order valence-electron chi connectivity index (χ2n) is 5.69. The van der Waals surface area contributed by atoms with Gasteiger partial charge in [0.15, 0.2) is 11.5 Å². The molecule has 0 bridgehead atoms. The quantitative estimate of drug-likeness (QED) is 0.873. The van der Waals surface area contributed by atoms with Crippen LogP contribution in [0.1, 0.15) is 36.4 Å². The van der Waals surface area contributed by atoms with Crippen molar-refractivity contribution in [3.05, 3.63) is 59.7 Å². The Balaban J connectivity index is 0.00000192. The first-order chi connectivity index (χ1) is 10.9. The van der Waals surface area contributed by atoms with E-state index in [1.165, 1.54) is 24.8 Å². The van der Waals surface area contributed by atoms with E-state index in [9.17, 15) is 0 Å². The normalized spacial score (nSPS) is 17.2. The van der Waals surface area contributed by atoms with Gasteiger partial charge in [0.2, 0.25) is 0 Å². The number of nitrogens with one attached hydrogen (secondary N) is 1. The zero-order chi connectivity index (χ0) is 15.2. The maximum Gasteiger partial charge on any atom is 0.161 e. The van der Waals surface area contributed by atoms with Gasteiger partial charge < -0.3 is 14.8 Å². The number of hydrogen-bond donors (Lipinski definition) is 1. The first-order valence-electron chi connectivity index (χ1n) is 7.95. The molecule has 1 N–H and O–H groups in total. The molecule has 1 heterocycles.